The molecule has 0 aliphatic heterocycles. The van der Waals surface area contributed by atoms with E-state index < -0.39 is 11.6 Å². The topological polar surface area (TPSA) is 45.0 Å². The number of hydrogen-bond donors (Lipinski definition) is 1. The average molecular weight is 252 g/mol. The van der Waals surface area contributed by atoms with Gasteiger partial charge in [0.15, 0.2) is 11.6 Å². The first kappa shape index (κ1) is 12.8. The Morgan fingerprint density at radius 1 is 1.33 bits per heavy atom. The SMILES string of the molecule is COC1CCC(Nc2ccc(C#N)c(F)c2F)C1. The number of rotatable bonds is 3. The third-order valence-corrected chi connectivity index (χ3v) is 3.28. The van der Waals surface area contributed by atoms with Gasteiger partial charge in [0, 0.05) is 13.2 Å². The van der Waals surface area contributed by atoms with Crippen molar-refractivity contribution in [2.45, 2.75) is 31.4 Å². The van der Waals surface area contributed by atoms with Crippen molar-refractivity contribution < 1.29 is 13.5 Å². The number of nitrogens with one attached hydrogen (secondary N) is 1. The van der Waals surface area contributed by atoms with E-state index in [1.165, 1.54) is 12.1 Å². The predicted molar refractivity (Wildman–Crippen MR) is 63.1 cm³/mol. The first-order valence-electron chi connectivity index (χ1n) is 5.83. The maximum absolute atomic E-state index is 13.7. The fourth-order valence-corrected chi connectivity index (χ4v) is 2.25. The highest BCUT2D eigenvalue weighted by Crippen LogP contribution is 2.27. The summed E-state index contributed by atoms with van der Waals surface area (Å²) in [5.74, 6) is -2.08. The molecule has 1 aromatic carbocycles. The summed E-state index contributed by atoms with van der Waals surface area (Å²) in [6.07, 6.45) is 2.72. The van der Waals surface area contributed by atoms with Gasteiger partial charge in [0.25, 0.3) is 0 Å². The number of benzene rings is 1. The van der Waals surface area contributed by atoms with Crippen molar-refractivity contribution in [3.63, 3.8) is 0 Å². The van der Waals surface area contributed by atoms with Crippen LogP contribution >= 0.6 is 0 Å². The number of halogens is 2. The van der Waals surface area contributed by atoms with E-state index in [0.717, 1.165) is 19.3 Å². The zero-order valence-electron chi connectivity index (χ0n) is 10.0. The first-order chi connectivity index (χ1) is 8.65. The second-order valence-corrected chi connectivity index (χ2v) is 4.41. The molecule has 0 saturated heterocycles. The van der Waals surface area contributed by atoms with Crippen molar-refractivity contribution in [3.05, 3.63) is 29.3 Å². The lowest BCUT2D eigenvalue weighted by atomic mass is 10.1. The minimum Gasteiger partial charge on any atom is -0.381 e. The number of ether oxygens (including phenoxy) is 1. The molecule has 2 atom stereocenters. The average Bonchev–Trinajstić information content (AvgIpc) is 2.83. The molecule has 0 heterocycles. The van der Waals surface area contributed by atoms with Gasteiger partial charge in [-0.2, -0.15) is 5.26 Å². The number of hydrogen-bond acceptors (Lipinski definition) is 3. The summed E-state index contributed by atoms with van der Waals surface area (Å²) in [7, 11) is 1.65. The fourth-order valence-electron chi connectivity index (χ4n) is 2.25. The molecule has 1 N–H and O–H groups in total. The highest BCUT2D eigenvalue weighted by Gasteiger charge is 2.25. The Morgan fingerprint density at radius 3 is 2.72 bits per heavy atom. The van der Waals surface area contributed by atoms with Crippen LogP contribution in [0.25, 0.3) is 0 Å². The third kappa shape index (κ3) is 2.44. The standard InChI is InChI=1S/C13H14F2N2O/c1-18-10-4-3-9(6-10)17-11-5-2-8(7-16)12(14)13(11)15/h2,5,9-10,17H,3-4,6H2,1H3. The van der Waals surface area contributed by atoms with Crippen LogP contribution in [0.4, 0.5) is 14.5 Å². The molecule has 1 fully saturated rings. The minimum absolute atomic E-state index is 0.0804. The maximum atomic E-state index is 13.7. The lowest BCUT2D eigenvalue weighted by molar-refractivity contribution is 0.108. The van der Waals surface area contributed by atoms with Gasteiger partial charge in [-0.3, -0.25) is 0 Å². The molecule has 2 rings (SSSR count). The number of methoxy groups -OCH3 is 1. The molecule has 0 aromatic heterocycles. The molecule has 0 radical (unpaired) electrons. The van der Waals surface area contributed by atoms with E-state index in [1.807, 2.05) is 0 Å². The molecule has 96 valence electrons. The maximum Gasteiger partial charge on any atom is 0.183 e. The largest absolute Gasteiger partial charge is 0.381 e. The molecule has 3 nitrogen and oxygen atoms in total. The van der Waals surface area contributed by atoms with Gasteiger partial charge in [-0.05, 0) is 31.4 Å². The van der Waals surface area contributed by atoms with E-state index in [2.05, 4.69) is 5.32 Å². The molecule has 1 saturated carbocycles. The summed E-state index contributed by atoms with van der Waals surface area (Å²) >= 11 is 0. The molecule has 1 aromatic rings. The van der Waals surface area contributed by atoms with E-state index in [4.69, 9.17) is 10.00 Å². The third-order valence-electron chi connectivity index (χ3n) is 3.28. The zero-order valence-corrected chi connectivity index (χ0v) is 10.0. The summed E-state index contributed by atoms with van der Waals surface area (Å²) in [5.41, 5.74) is -0.174. The van der Waals surface area contributed by atoms with Gasteiger partial charge >= 0.3 is 0 Å². The highest BCUT2D eigenvalue weighted by molar-refractivity contribution is 5.50. The Hall–Kier alpha value is -1.67. The molecule has 0 amide bonds. The smallest absolute Gasteiger partial charge is 0.183 e. The van der Waals surface area contributed by atoms with Crippen LogP contribution in [-0.2, 0) is 4.74 Å². The summed E-state index contributed by atoms with van der Waals surface area (Å²) in [5, 5.41) is 11.6. The van der Waals surface area contributed by atoms with Crippen molar-refractivity contribution in [1.82, 2.24) is 0 Å². The Balaban J connectivity index is 2.11. The minimum atomic E-state index is -1.09. The van der Waals surface area contributed by atoms with E-state index >= 15 is 0 Å². The van der Waals surface area contributed by atoms with Crippen LogP contribution in [0.15, 0.2) is 12.1 Å². The summed E-state index contributed by atoms with van der Waals surface area (Å²) in [6, 6.07) is 4.37. The normalized spacial score (nSPS) is 22.8. The van der Waals surface area contributed by atoms with Crippen molar-refractivity contribution >= 4 is 5.69 Å². The molecule has 5 heteroatoms. The van der Waals surface area contributed by atoms with Gasteiger partial charge in [-0.15, -0.1) is 0 Å². The molecule has 1 aliphatic rings. The fraction of sp³-hybridized carbons (Fsp3) is 0.462. The van der Waals surface area contributed by atoms with E-state index in [9.17, 15) is 8.78 Å². The quantitative estimate of drug-likeness (QED) is 0.899. The highest BCUT2D eigenvalue weighted by atomic mass is 19.2. The van der Waals surface area contributed by atoms with Crippen LogP contribution in [0.5, 0.6) is 0 Å². The molecule has 2 unspecified atom stereocenters. The monoisotopic (exact) mass is 252 g/mol. The predicted octanol–water partition coefficient (Wildman–Crippen LogP) is 2.82. The molecule has 1 aliphatic carbocycles. The molecular weight excluding hydrogens is 238 g/mol. The van der Waals surface area contributed by atoms with Crippen LogP contribution in [-0.4, -0.2) is 19.3 Å². The van der Waals surface area contributed by atoms with Crippen molar-refractivity contribution in [2.24, 2.45) is 0 Å². The Labute approximate surface area is 104 Å². The Morgan fingerprint density at radius 2 is 2.11 bits per heavy atom. The summed E-state index contributed by atoms with van der Waals surface area (Å²) in [4.78, 5) is 0. The van der Waals surface area contributed by atoms with E-state index in [1.54, 1.807) is 13.2 Å². The summed E-state index contributed by atoms with van der Waals surface area (Å²) < 4.78 is 32.3. The van der Waals surface area contributed by atoms with Gasteiger partial charge in [0.05, 0.1) is 17.4 Å². The van der Waals surface area contributed by atoms with Gasteiger partial charge in [0.2, 0.25) is 0 Å². The van der Waals surface area contributed by atoms with E-state index in [-0.39, 0.29) is 23.4 Å². The second-order valence-electron chi connectivity index (χ2n) is 4.41. The van der Waals surface area contributed by atoms with Crippen LogP contribution in [0, 0.1) is 23.0 Å². The Kier molecular flexibility index (Phi) is 3.78. The van der Waals surface area contributed by atoms with Crippen LogP contribution in [0.2, 0.25) is 0 Å². The van der Waals surface area contributed by atoms with E-state index in [0.29, 0.717) is 0 Å². The number of anilines is 1. The number of nitrogens with zero attached hydrogens (tertiary/aromatic N) is 1. The van der Waals surface area contributed by atoms with Gasteiger partial charge < -0.3 is 10.1 Å². The van der Waals surface area contributed by atoms with Crippen LogP contribution in [0.3, 0.4) is 0 Å². The summed E-state index contributed by atoms with van der Waals surface area (Å²) in [6.45, 7) is 0. The molecule has 18 heavy (non-hydrogen) atoms. The zero-order chi connectivity index (χ0) is 13.1. The van der Waals surface area contributed by atoms with Crippen molar-refractivity contribution in [3.8, 4) is 6.07 Å². The number of nitriles is 1. The Bertz CT molecular complexity index is 485. The van der Waals surface area contributed by atoms with Crippen LogP contribution < -0.4 is 5.32 Å². The molecule has 0 spiro atoms. The molecule has 0 bridgehead atoms. The molecular formula is C13H14F2N2O. The second kappa shape index (κ2) is 5.32. The van der Waals surface area contributed by atoms with Gasteiger partial charge in [-0.25, -0.2) is 8.78 Å². The van der Waals surface area contributed by atoms with Crippen molar-refractivity contribution in [2.75, 3.05) is 12.4 Å². The van der Waals surface area contributed by atoms with Crippen LogP contribution in [0.1, 0.15) is 24.8 Å². The lowest BCUT2D eigenvalue weighted by Gasteiger charge is -2.15. The van der Waals surface area contributed by atoms with Crippen molar-refractivity contribution in [1.29, 1.82) is 5.26 Å². The first-order valence-corrected chi connectivity index (χ1v) is 5.83. The lowest BCUT2D eigenvalue weighted by Crippen LogP contribution is -2.18. The van der Waals surface area contributed by atoms with Gasteiger partial charge in [-0.1, -0.05) is 0 Å². The van der Waals surface area contributed by atoms with Gasteiger partial charge in [0.1, 0.15) is 6.07 Å².